The summed E-state index contributed by atoms with van der Waals surface area (Å²) in [6, 6.07) is 8.97. The number of carboxylic acids is 1. The maximum atomic E-state index is 12.5. The van der Waals surface area contributed by atoms with E-state index in [9.17, 15) is 9.59 Å². The molecule has 0 spiro atoms. The van der Waals surface area contributed by atoms with Crippen molar-refractivity contribution in [2.45, 2.75) is 24.8 Å². The Kier molecular flexibility index (Phi) is 5.76. The lowest BCUT2D eigenvalue weighted by atomic mass is 10.1. The fourth-order valence-corrected chi connectivity index (χ4v) is 4.52. The molecule has 0 aliphatic carbocycles. The number of thioether (sulfide) groups is 1. The third kappa shape index (κ3) is 4.28. The van der Waals surface area contributed by atoms with Gasteiger partial charge < -0.3 is 9.84 Å². The van der Waals surface area contributed by atoms with Crippen LogP contribution >= 0.6 is 23.1 Å². The third-order valence-electron chi connectivity index (χ3n) is 4.02. The third-order valence-corrected chi connectivity index (χ3v) is 6.32. The molecule has 1 N–H and O–H groups in total. The van der Waals surface area contributed by atoms with Crippen LogP contribution in [0.2, 0.25) is 0 Å². The molecule has 0 saturated carbocycles. The van der Waals surface area contributed by atoms with E-state index in [-0.39, 0.29) is 11.5 Å². The Labute approximate surface area is 164 Å². The second kappa shape index (κ2) is 8.06. The summed E-state index contributed by atoms with van der Waals surface area (Å²) in [5.41, 5.74) is 0.769. The van der Waals surface area contributed by atoms with Gasteiger partial charge in [0.2, 0.25) is 0 Å². The summed E-state index contributed by atoms with van der Waals surface area (Å²) >= 11 is 2.58. The van der Waals surface area contributed by atoms with Crippen LogP contribution in [-0.2, 0) is 4.79 Å². The van der Waals surface area contributed by atoms with Crippen LogP contribution in [0.15, 0.2) is 35.4 Å². The van der Waals surface area contributed by atoms with Gasteiger partial charge in [-0.2, -0.15) is 0 Å². The van der Waals surface area contributed by atoms with Crippen molar-refractivity contribution in [1.82, 2.24) is 9.97 Å². The van der Waals surface area contributed by atoms with Gasteiger partial charge in [-0.25, -0.2) is 9.97 Å². The second-order valence-electron chi connectivity index (χ2n) is 5.93. The number of aryl methyl sites for hydroxylation is 1. The number of rotatable bonds is 7. The van der Waals surface area contributed by atoms with E-state index in [1.807, 2.05) is 25.1 Å². The van der Waals surface area contributed by atoms with E-state index in [0.717, 1.165) is 15.9 Å². The van der Waals surface area contributed by atoms with Crippen LogP contribution < -0.4 is 4.74 Å². The number of fused-ring (bicyclic) bond motifs is 1. The van der Waals surface area contributed by atoms with Crippen molar-refractivity contribution in [2.75, 3.05) is 12.9 Å². The summed E-state index contributed by atoms with van der Waals surface area (Å²) in [6.07, 6.45) is 0. The molecule has 140 valence electrons. The van der Waals surface area contributed by atoms with Crippen molar-refractivity contribution in [2.24, 2.45) is 0 Å². The van der Waals surface area contributed by atoms with Crippen LogP contribution in [0.25, 0.3) is 10.9 Å². The molecular formula is C19H18N2O4S2. The predicted molar refractivity (Wildman–Crippen MR) is 106 cm³/mol. The van der Waals surface area contributed by atoms with Gasteiger partial charge in [-0.15, -0.1) is 11.3 Å². The van der Waals surface area contributed by atoms with Crippen molar-refractivity contribution in [3.8, 4) is 5.75 Å². The van der Waals surface area contributed by atoms with Gasteiger partial charge >= 0.3 is 5.97 Å². The van der Waals surface area contributed by atoms with Crippen LogP contribution in [0.3, 0.4) is 0 Å². The van der Waals surface area contributed by atoms with Crippen molar-refractivity contribution >= 4 is 45.8 Å². The lowest BCUT2D eigenvalue weighted by molar-refractivity contribution is -0.138. The van der Waals surface area contributed by atoms with E-state index < -0.39 is 11.9 Å². The van der Waals surface area contributed by atoms with Crippen molar-refractivity contribution in [1.29, 1.82) is 0 Å². The number of carbonyl (C=O) groups excluding carboxylic acids is 1. The molecule has 8 heteroatoms. The molecular weight excluding hydrogens is 384 g/mol. The molecule has 1 unspecified atom stereocenters. The zero-order chi connectivity index (χ0) is 19.6. The highest BCUT2D eigenvalue weighted by Gasteiger charge is 2.19. The summed E-state index contributed by atoms with van der Waals surface area (Å²) < 4.78 is 5.23. The van der Waals surface area contributed by atoms with Crippen LogP contribution in [0.1, 0.15) is 33.2 Å². The Hall–Kier alpha value is -2.45. The van der Waals surface area contributed by atoms with Gasteiger partial charge in [0.05, 0.1) is 29.2 Å². The highest BCUT2D eigenvalue weighted by molar-refractivity contribution is 8.00. The summed E-state index contributed by atoms with van der Waals surface area (Å²) in [7, 11) is 1.60. The molecule has 3 rings (SSSR count). The minimum absolute atomic E-state index is 0.0493. The van der Waals surface area contributed by atoms with Gasteiger partial charge in [0, 0.05) is 16.3 Å². The Bertz CT molecular complexity index is 1020. The number of thiophene rings is 1. The average Bonchev–Trinajstić information content (AvgIpc) is 3.14. The Morgan fingerprint density at radius 3 is 2.74 bits per heavy atom. The molecule has 2 heterocycles. The standard InChI is InChI=1S/C19H18N2O4S2/c1-10(19(23)24)16-6-7-17(27-16)15(22)9-26-18-13-5-4-12(25-3)8-14(13)20-11(2)21-18/h4-8,10H,9H2,1-3H3,(H,23,24). The molecule has 27 heavy (non-hydrogen) atoms. The number of ether oxygens (including phenoxy) is 1. The van der Waals surface area contributed by atoms with Crippen molar-refractivity contribution < 1.29 is 19.4 Å². The topological polar surface area (TPSA) is 89.4 Å². The molecule has 3 aromatic rings. The van der Waals surface area contributed by atoms with Crippen LogP contribution in [0, 0.1) is 6.92 Å². The SMILES string of the molecule is COc1ccc2c(SCC(=O)c3ccc(C(C)C(=O)O)s3)nc(C)nc2c1. The number of aromatic nitrogens is 2. The largest absolute Gasteiger partial charge is 0.497 e. The van der Waals surface area contributed by atoms with E-state index in [2.05, 4.69) is 9.97 Å². The van der Waals surface area contributed by atoms with Gasteiger partial charge in [0.1, 0.15) is 16.6 Å². The smallest absolute Gasteiger partial charge is 0.311 e. The molecule has 2 aromatic heterocycles. The quantitative estimate of drug-likeness (QED) is 0.360. The fraction of sp³-hybridized carbons (Fsp3) is 0.263. The lowest BCUT2D eigenvalue weighted by Gasteiger charge is -2.07. The molecule has 0 amide bonds. The highest BCUT2D eigenvalue weighted by atomic mass is 32.2. The minimum Gasteiger partial charge on any atom is -0.497 e. The minimum atomic E-state index is -0.899. The number of carboxylic acid groups (broad SMARTS) is 1. The molecule has 0 bridgehead atoms. The van der Waals surface area contributed by atoms with Crippen molar-refractivity contribution in [3.05, 3.63) is 45.9 Å². The predicted octanol–water partition coefficient (Wildman–Crippen LogP) is 4.17. The lowest BCUT2D eigenvalue weighted by Crippen LogP contribution is -2.05. The first-order valence-electron chi connectivity index (χ1n) is 8.20. The molecule has 0 aliphatic rings. The molecule has 6 nitrogen and oxygen atoms in total. The number of Topliss-reactive ketones (excluding diaryl/α,β-unsaturated/α-hetero) is 1. The van der Waals surface area contributed by atoms with E-state index in [0.29, 0.717) is 21.3 Å². The van der Waals surface area contributed by atoms with E-state index in [1.165, 1.54) is 23.1 Å². The normalized spacial score (nSPS) is 12.1. The van der Waals surface area contributed by atoms with Gasteiger partial charge in [0.25, 0.3) is 0 Å². The highest BCUT2D eigenvalue weighted by Crippen LogP contribution is 2.30. The number of aliphatic carboxylic acids is 1. The summed E-state index contributed by atoms with van der Waals surface area (Å²) in [4.78, 5) is 33.7. The molecule has 0 radical (unpaired) electrons. The van der Waals surface area contributed by atoms with E-state index in [4.69, 9.17) is 9.84 Å². The first kappa shape index (κ1) is 19.3. The molecule has 1 atom stereocenters. The number of hydrogen-bond acceptors (Lipinski definition) is 7. The van der Waals surface area contributed by atoms with E-state index in [1.54, 1.807) is 26.2 Å². The number of benzene rings is 1. The molecule has 1 aromatic carbocycles. The molecule has 0 fully saturated rings. The van der Waals surface area contributed by atoms with Gasteiger partial charge in [0.15, 0.2) is 5.78 Å². The first-order valence-corrected chi connectivity index (χ1v) is 10.00. The Balaban J connectivity index is 1.78. The van der Waals surface area contributed by atoms with Crippen LogP contribution in [0.4, 0.5) is 0 Å². The van der Waals surface area contributed by atoms with E-state index >= 15 is 0 Å². The zero-order valence-electron chi connectivity index (χ0n) is 15.1. The molecule has 0 saturated heterocycles. The molecule has 0 aliphatic heterocycles. The Morgan fingerprint density at radius 2 is 2.04 bits per heavy atom. The number of nitrogens with zero attached hydrogens (tertiary/aromatic N) is 2. The second-order valence-corrected chi connectivity index (χ2v) is 8.01. The number of hydrogen-bond donors (Lipinski definition) is 1. The number of methoxy groups -OCH3 is 1. The van der Waals surface area contributed by atoms with Gasteiger partial charge in [-0.1, -0.05) is 11.8 Å². The van der Waals surface area contributed by atoms with Gasteiger partial charge in [-0.3, -0.25) is 9.59 Å². The summed E-state index contributed by atoms with van der Waals surface area (Å²) in [5.74, 6) is -0.00686. The first-order chi connectivity index (χ1) is 12.9. The zero-order valence-corrected chi connectivity index (χ0v) is 16.7. The number of ketones is 1. The van der Waals surface area contributed by atoms with Crippen LogP contribution in [-0.4, -0.2) is 39.7 Å². The van der Waals surface area contributed by atoms with Crippen molar-refractivity contribution in [3.63, 3.8) is 0 Å². The monoisotopic (exact) mass is 402 g/mol. The summed E-state index contributed by atoms with van der Waals surface area (Å²) in [6.45, 7) is 3.42. The van der Waals surface area contributed by atoms with Gasteiger partial charge in [-0.05, 0) is 38.1 Å². The summed E-state index contributed by atoms with van der Waals surface area (Å²) in [5, 5.41) is 10.7. The fourth-order valence-electron chi connectivity index (χ4n) is 2.49. The average molecular weight is 402 g/mol. The maximum absolute atomic E-state index is 12.5. The maximum Gasteiger partial charge on any atom is 0.311 e. The Morgan fingerprint density at radius 1 is 1.26 bits per heavy atom. The number of carbonyl (C=O) groups is 2. The van der Waals surface area contributed by atoms with Crippen LogP contribution in [0.5, 0.6) is 5.75 Å².